The van der Waals surface area contributed by atoms with E-state index in [1.165, 1.54) is 238 Å². The Morgan fingerprint density at radius 3 is 0.673 bits per heavy atom. The van der Waals surface area contributed by atoms with Crippen molar-refractivity contribution in [3.8, 4) is 0 Å². The first kappa shape index (κ1) is 99.1. The topological polar surface area (TPSA) is 237 Å². The van der Waals surface area contributed by atoms with Gasteiger partial charge in [-0.15, -0.1) is 0 Å². The normalized spacial score (nSPS) is 14.0. The van der Waals surface area contributed by atoms with Gasteiger partial charge in [0.1, 0.15) is 19.3 Å². The van der Waals surface area contributed by atoms with Crippen molar-refractivity contribution in [3.05, 3.63) is 0 Å². The van der Waals surface area contributed by atoms with Crippen LogP contribution in [0.1, 0.15) is 427 Å². The molecule has 0 rings (SSSR count). The Labute approximate surface area is 619 Å². The van der Waals surface area contributed by atoms with Gasteiger partial charge in [0.15, 0.2) is 12.2 Å². The zero-order valence-electron chi connectivity index (χ0n) is 66.4. The molecular formula is C82H160O17P2. The highest BCUT2D eigenvalue weighted by Gasteiger charge is 2.30. The van der Waals surface area contributed by atoms with Crippen molar-refractivity contribution >= 4 is 39.5 Å². The molecule has 0 aliphatic heterocycles. The van der Waals surface area contributed by atoms with Crippen LogP contribution in [-0.2, 0) is 65.4 Å². The number of ether oxygens (including phenoxy) is 4. The van der Waals surface area contributed by atoms with E-state index in [9.17, 15) is 43.2 Å². The number of rotatable bonds is 80. The summed E-state index contributed by atoms with van der Waals surface area (Å²) in [6.07, 6.45) is 61.3. The fourth-order valence-corrected chi connectivity index (χ4v) is 14.2. The molecule has 17 nitrogen and oxygen atoms in total. The Bertz CT molecular complexity index is 1960. The van der Waals surface area contributed by atoms with Gasteiger partial charge in [0.05, 0.1) is 26.4 Å². The second-order valence-corrected chi connectivity index (χ2v) is 33.8. The molecule has 19 heteroatoms. The van der Waals surface area contributed by atoms with Crippen molar-refractivity contribution in [2.24, 2.45) is 17.8 Å². The van der Waals surface area contributed by atoms with Gasteiger partial charge in [-0.05, 0) is 43.4 Å². The minimum absolute atomic E-state index is 0.104. The highest BCUT2D eigenvalue weighted by molar-refractivity contribution is 7.47. The fraction of sp³-hybridized carbons (Fsp3) is 0.951. The largest absolute Gasteiger partial charge is 0.472 e. The van der Waals surface area contributed by atoms with Gasteiger partial charge in [-0.3, -0.25) is 37.3 Å². The third kappa shape index (κ3) is 76.1. The van der Waals surface area contributed by atoms with Gasteiger partial charge in [-0.1, -0.05) is 376 Å². The molecule has 0 spiro atoms. The number of carbonyl (C=O) groups excluding carboxylic acids is 4. The number of esters is 4. The number of unbranched alkanes of at least 4 members (excludes halogenated alkanes) is 48. The van der Waals surface area contributed by atoms with Crippen LogP contribution < -0.4 is 0 Å². The summed E-state index contributed by atoms with van der Waals surface area (Å²) in [4.78, 5) is 73.0. The lowest BCUT2D eigenvalue weighted by Crippen LogP contribution is -2.30. The number of aliphatic hydroxyl groups excluding tert-OH is 1. The van der Waals surface area contributed by atoms with Crippen LogP contribution in [0.4, 0.5) is 0 Å². The Morgan fingerprint density at radius 2 is 0.455 bits per heavy atom. The SMILES string of the molecule is CCCCCCCCCCCCCCCCCCCCCCCC(=O)O[C@H](COC(=O)CCCCCCCCCCCCCCCCCC(C)C)COP(=O)(O)OC[C@@H](O)COP(=O)(O)OC[C@@H](COC(=O)CCCCCCCCCCC(C)C)OC(=O)CCCCCCCCCCC(C)C. The second kappa shape index (κ2) is 72.3. The van der Waals surface area contributed by atoms with E-state index < -0.39 is 97.5 Å². The molecule has 101 heavy (non-hydrogen) atoms. The minimum Gasteiger partial charge on any atom is -0.462 e. The molecule has 0 radical (unpaired) electrons. The monoisotopic (exact) mass is 1480 g/mol. The third-order valence-electron chi connectivity index (χ3n) is 19.1. The van der Waals surface area contributed by atoms with Gasteiger partial charge in [-0.2, -0.15) is 0 Å². The molecular weight excluding hydrogens is 1320 g/mol. The van der Waals surface area contributed by atoms with E-state index in [0.29, 0.717) is 25.7 Å². The first-order valence-corrected chi connectivity index (χ1v) is 45.3. The average Bonchev–Trinajstić information content (AvgIpc) is 0.959. The first-order valence-electron chi connectivity index (χ1n) is 42.3. The van der Waals surface area contributed by atoms with Crippen LogP contribution in [0.3, 0.4) is 0 Å². The molecule has 0 heterocycles. The molecule has 5 atom stereocenters. The van der Waals surface area contributed by atoms with E-state index in [4.69, 9.17) is 37.0 Å². The Kier molecular flexibility index (Phi) is 70.9. The van der Waals surface area contributed by atoms with Crippen LogP contribution in [0.15, 0.2) is 0 Å². The van der Waals surface area contributed by atoms with Crippen LogP contribution >= 0.6 is 15.6 Å². The maximum absolute atomic E-state index is 13.1. The smallest absolute Gasteiger partial charge is 0.462 e. The van der Waals surface area contributed by atoms with Gasteiger partial charge in [0, 0.05) is 25.7 Å². The lowest BCUT2D eigenvalue weighted by Gasteiger charge is -2.21. The van der Waals surface area contributed by atoms with Gasteiger partial charge < -0.3 is 33.8 Å². The molecule has 0 bridgehead atoms. The zero-order chi connectivity index (χ0) is 74.4. The van der Waals surface area contributed by atoms with E-state index in [-0.39, 0.29) is 25.7 Å². The quantitative estimate of drug-likeness (QED) is 0.0222. The molecule has 0 saturated heterocycles. The van der Waals surface area contributed by atoms with Crippen molar-refractivity contribution in [1.82, 2.24) is 0 Å². The third-order valence-corrected chi connectivity index (χ3v) is 21.0. The maximum atomic E-state index is 13.1. The summed E-state index contributed by atoms with van der Waals surface area (Å²) in [5, 5.41) is 10.6. The predicted molar refractivity (Wildman–Crippen MR) is 414 cm³/mol. The van der Waals surface area contributed by atoms with Crippen molar-refractivity contribution < 1.29 is 80.2 Å². The number of phosphoric acid groups is 2. The zero-order valence-corrected chi connectivity index (χ0v) is 68.2. The van der Waals surface area contributed by atoms with Crippen molar-refractivity contribution in [1.29, 1.82) is 0 Å². The fourth-order valence-electron chi connectivity index (χ4n) is 12.7. The summed E-state index contributed by atoms with van der Waals surface area (Å²) in [6, 6.07) is 0. The summed E-state index contributed by atoms with van der Waals surface area (Å²) >= 11 is 0. The highest BCUT2D eigenvalue weighted by atomic mass is 31.2. The van der Waals surface area contributed by atoms with Crippen LogP contribution in [0.5, 0.6) is 0 Å². The van der Waals surface area contributed by atoms with Crippen LogP contribution in [0.25, 0.3) is 0 Å². The number of carbonyl (C=O) groups is 4. The molecule has 0 aliphatic rings. The van der Waals surface area contributed by atoms with Gasteiger partial charge >= 0.3 is 39.5 Å². The predicted octanol–water partition coefficient (Wildman–Crippen LogP) is 24.5. The molecule has 3 N–H and O–H groups in total. The van der Waals surface area contributed by atoms with Gasteiger partial charge in [0.2, 0.25) is 0 Å². The Hall–Kier alpha value is -1.94. The van der Waals surface area contributed by atoms with Crippen LogP contribution in [0, 0.1) is 17.8 Å². The average molecular weight is 1480 g/mol. The number of aliphatic hydroxyl groups is 1. The molecule has 0 aromatic rings. The number of phosphoric ester groups is 2. The van der Waals surface area contributed by atoms with E-state index in [0.717, 1.165) is 108 Å². The minimum atomic E-state index is -4.96. The molecule has 0 aliphatic carbocycles. The molecule has 0 amide bonds. The maximum Gasteiger partial charge on any atom is 0.472 e. The van der Waals surface area contributed by atoms with Crippen molar-refractivity contribution in [2.75, 3.05) is 39.6 Å². The summed E-state index contributed by atoms with van der Waals surface area (Å²) < 4.78 is 68.7. The lowest BCUT2D eigenvalue weighted by atomic mass is 10.0. The van der Waals surface area contributed by atoms with E-state index >= 15 is 0 Å². The summed E-state index contributed by atoms with van der Waals surface area (Å²) in [6.45, 7) is 11.9. The molecule has 0 aromatic heterocycles. The molecule has 600 valence electrons. The highest BCUT2D eigenvalue weighted by Crippen LogP contribution is 2.45. The van der Waals surface area contributed by atoms with E-state index in [1.54, 1.807) is 0 Å². The molecule has 0 fully saturated rings. The molecule has 0 aromatic carbocycles. The summed E-state index contributed by atoms with van der Waals surface area (Å²) in [7, 11) is -9.92. The number of hydrogen-bond donors (Lipinski definition) is 3. The summed E-state index contributed by atoms with van der Waals surface area (Å²) in [5.41, 5.74) is 0. The molecule has 0 saturated carbocycles. The first-order chi connectivity index (χ1) is 48.7. The van der Waals surface area contributed by atoms with E-state index in [1.807, 2.05) is 0 Å². The molecule has 2 unspecified atom stereocenters. The van der Waals surface area contributed by atoms with Gasteiger partial charge in [0.25, 0.3) is 0 Å². The van der Waals surface area contributed by atoms with Crippen LogP contribution in [0.2, 0.25) is 0 Å². The van der Waals surface area contributed by atoms with Gasteiger partial charge in [-0.25, -0.2) is 9.13 Å². The van der Waals surface area contributed by atoms with Crippen molar-refractivity contribution in [2.45, 2.75) is 446 Å². The lowest BCUT2D eigenvalue weighted by molar-refractivity contribution is -0.161. The van der Waals surface area contributed by atoms with Crippen LogP contribution in [-0.4, -0.2) is 96.7 Å². The Balaban J connectivity index is 5.21. The summed E-state index contributed by atoms with van der Waals surface area (Å²) in [5.74, 6) is 0.137. The second-order valence-electron chi connectivity index (χ2n) is 30.9. The Morgan fingerprint density at radius 1 is 0.267 bits per heavy atom. The standard InChI is InChI=1S/C82H160O17P2/c1-8-9-10-11-12-13-14-15-16-17-18-19-20-21-24-28-31-34-44-51-58-65-81(86)98-77(69-92-79(84)63-56-49-42-33-30-27-25-22-23-26-29-32-39-46-53-60-73(2)3)71-96-100(88,89)94-67-76(83)68-95-101(90,91)97-72-78(99-82(87)66-59-52-45-38-36-41-48-55-62-75(6)7)70-93-80(85)64-57-50-43-37-35-40-47-54-61-74(4)5/h73-78,83H,8-72H2,1-7H3,(H,88,89)(H,90,91)/t76-,77-,78-/m1/s1. The van der Waals surface area contributed by atoms with E-state index in [2.05, 4.69) is 48.5 Å². The van der Waals surface area contributed by atoms with Crippen molar-refractivity contribution in [3.63, 3.8) is 0 Å². The number of hydrogen-bond acceptors (Lipinski definition) is 15.